The van der Waals surface area contributed by atoms with Crippen molar-refractivity contribution < 1.29 is 38.1 Å². The summed E-state index contributed by atoms with van der Waals surface area (Å²) in [5.74, 6) is 1.59. The summed E-state index contributed by atoms with van der Waals surface area (Å²) >= 11 is 0. The minimum atomic E-state index is -0.250. The van der Waals surface area contributed by atoms with E-state index in [-0.39, 0.29) is 17.7 Å². The van der Waals surface area contributed by atoms with Crippen LogP contribution >= 0.6 is 0 Å². The van der Waals surface area contributed by atoms with Crippen molar-refractivity contribution in [3.05, 3.63) is 54.1 Å². The minimum Gasteiger partial charge on any atom is -0.494 e. The molecule has 37 heavy (non-hydrogen) atoms. The number of benzene rings is 2. The lowest BCUT2D eigenvalue weighted by Crippen LogP contribution is -2.09. The number of carbonyl (C=O) groups is 3. The van der Waals surface area contributed by atoms with Crippen molar-refractivity contribution >= 4 is 17.7 Å². The number of carbonyl (C=O) groups excluding carboxylic acids is 3. The molecule has 202 valence electrons. The Morgan fingerprint density at radius 2 is 1.05 bits per heavy atom. The van der Waals surface area contributed by atoms with E-state index in [1.165, 1.54) is 6.92 Å². The van der Waals surface area contributed by atoms with Crippen LogP contribution in [0.5, 0.6) is 17.2 Å². The normalized spacial score (nSPS) is 10.5. The van der Waals surface area contributed by atoms with Crippen molar-refractivity contribution in [3.63, 3.8) is 0 Å². The van der Waals surface area contributed by atoms with E-state index in [0.717, 1.165) is 25.0 Å². The van der Waals surface area contributed by atoms with Crippen LogP contribution in [0.2, 0.25) is 0 Å². The maximum atomic E-state index is 11.8. The van der Waals surface area contributed by atoms with Crippen LogP contribution < -0.4 is 9.47 Å². The Morgan fingerprint density at radius 1 is 0.595 bits per heavy atom. The highest BCUT2D eigenvalue weighted by Gasteiger charge is 2.07. The van der Waals surface area contributed by atoms with Crippen LogP contribution in [-0.2, 0) is 23.8 Å². The summed E-state index contributed by atoms with van der Waals surface area (Å²) in [7, 11) is 1.64. The molecule has 0 saturated heterocycles. The van der Waals surface area contributed by atoms with Crippen LogP contribution in [0, 0.1) is 0 Å². The van der Waals surface area contributed by atoms with Crippen molar-refractivity contribution in [1.82, 2.24) is 0 Å². The molecule has 0 saturated carbocycles. The van der Waals surface area contributed by atoms with E-state index in [9.17, 15) is 14.4 Å². The molecule has 2 aromatic carbocycles. The number of hydrogen-bond acceptors (Lipinski definition) is 8. The van der Waals surface area contributed by atoms with Gasteiger partial charge in [-0.25, -0.2) is 0 Å². The van der Waals surface area contributed by atoms with Gasteiger partial charge in [0, 0.05) is 32.1 Å². The van der Waals surface area contributed by atoms with Crippen LogP contribution in [0.15, 0.2) is 48.5 Å². The SMILES string of the molecule is COCCCCOC(=O)CCCCC(=O)OCCCCOc1ccc(Oc2ccc(C(C)=O)cc2)cc1. The Labute approximate surface area is 219 Å². The molecule has 0 fully saturated rings. The van der Waals surface area contributed by atoms with E-state index in [1.54, 1.807) is 31.4 Å². The third-order valence-electron chi connectivity index (χ3n) is 5.41. The van der Waals surface area contributed by atoms with Crippen molar-refractivity contribution in [2.45, 2.75) is 58.3 Å². The zero-order valence-corrected chi connectivity index (χ0v) is 21.9. The molecule has 0 bridgehead atoms. The molecule has 0 unspecified atom stereocenters. The number of methoxy groups -OCH3 is 1. The number of ether oxygens (including phenoxy) is 5. The Balaban J connectivity index is 1.47. The largest absolute Gasteiger partial charge is 0.494 e. The monoisotopic (exact) mass is 514 g/mol. The van der Waals surface area contributed by atoms with E-state index >= 15 is 0 Å². The Hall–Kier alpha value is -3.39. The summed E-state index contributed by atoms with van der Waals surface area (Å²) in [6, 6.07) is 14.3. The van der Waals surface area contributed by atoms with Gasteiger partial charge in [-0.1, -0.05) is 0 Å². The average Bonchev–Trinajstić information content (AvgIpc) is 2.89. The molecule has 0 heterocycles. The molecular formula is C29H38O8. The standard InChI is InChI=1S/C29H38O8/c1-23(30)24-11-13-26(14-12-24)37-27-17-15-25(16-18-27)34-20-7-8-22-36-29(32)10-4-3-9-28(31)35-21-6-5-19-33-2/h11-18H,3-10,19-22H2,1-2H3. The number of esters is 2. The average molecular weight is 515 g/mol. The zero-order chi connectivity index (χ0) is 26.7. The van der Waals surface area contributed by atoms with Gasteiger partial charge in [-0.3, -0.25) is 14.4 Å². The number of hydrogen-bond donors (Lipinski definition) is 0. The van der Waals surface area contributed by atoms with E-state index in [0.29, 0.717) is 75.6 Å². The molecule has 0 amide bonds. The number of Topliss-reactive ketones (excluding diaryl/α,β-unsaturated/α-hetero) is 1. The first kappa shape index (κ1) is 29.8. The molecule has 0 aromatic heterocycles. The maximum Gasteiger partial charge on any atom is 0.305 e. The highest BCUT2D eigenvalue weighted by atomic mass is 16.5. The third kappa shape index (κ3) is 13.5. The molecule has 8 heteroatoms. The molecule has 0 atom stereocenters. The molecule has 2 rings (SSSR count). The predicted octanol–water partition coefficient (Wildman–Crippen LogP) is 5.91. The molecule has 0 aliphatic rings. The molecule has 0 spiro atoms. The van der Waals surface area contributed by atoms with Crippen molar-refractivity contribution in [2.24, 2.45) is 0 Å². The van der Waals surface area contributed by atoms with Gasteiger partial charge in [0.05, 0.1) is 19.8 Å². The van der Waals surface area contributed by atoms with Crippen LogP contribution in [0.1, 0.15) is 68.6 Å². The highest BCUT2D eigenvalue weighted by Crippen LogP contribution is 2.24. The molecule has 0 aliphatic heterocycles. The van der Waals surface area contributed by atoms with Gasteiger partial charge < -0.3 is 23.7 Å². The lowest BCUT2D eigenvalue weighted by Gasteiger charge is -2.09. The van der Waals surface area contributed by atoms with Gasteiger partial charge in [0.2, 0.25) is 0 Å². The van der Waals surface area contributed by atoms with Gasteiger partial charge in [-0.05, 0) is 94.0 Å². The second kappa shape index (κ2) is 17.9. The van der Waals surface area contributed by atoms with Crippen molar-refractivity contribution in [3.8, 4) is 17.2 Å². The predicted molar refractivity (Wildman–Crippen MR) is 139 cm³/mol. The molecule has 2 aromatic rings. The van der Waals surface area contributed by atoms with Gasteiger partial charge in [0.1, 0.15) is 17.2 Å². The number of ketones is 1. The van der Waals surface area contributed by atoms with E-state index in [1.807, 2.05) is 24.3 Å². The smallest absolute Gasteiger partial charge is 0.305 e. The first-order valence-electron chi connectivity index (χ1n) is 12.8. The van der Waals surface area contributed by atoms with Crippen LogP contribution in [0.25, 0.3) is 0 Å². The fraction of sp³-hybridized carbons (Fsp3) is 0.483. The summed E-state index contributed by atoms with van der Waals surface area (Å²) in [6.45, 7) is 3.46. The first-order chi connectivity index (χ1) is 18.0. The van der Waals surface area contributed by atoms with Gasteiger partial charge in [0.15, 0.2) is 5.78 Å². The van der Waals surface area contributed by atoms with Gasteiger partial charge in [-0.15, -0.1) is 0 Å². The summed E-state index contributed by atoms with van der Waals surface area (Å²) in [6.07, 6.45) is 4.94. The number of unbranched alkanes of at least 4 members (excludes halogenated alkanes) is 3. The van der Waals surface area contributed by atoms with E-state index in [4.69, 9.17) is 23.7 Å². The summed E-state index contributed by atoms with van der Waals surface area (Å²) in [5.41, 5.74) is 0.644. The lowest BCUT2D eigenvalue weighted by molar-refractivity contribution is -0.146. The molecule has 8 nitrogen and oxygen atoms in total. The van der Waals surface area contributed by atoms with E-state index < -0.39 is 0 Å². The van der Waals surface area contributed by atoms with Gasteiger partial charge in [0.25, 0.3) is 0 Å². The van der Waals surface area contributed by atoms with Crippen molar-refractivity contribution in [2.75, 3.05) is 33.5 Å². The molecular weight excluding hydrogens is 476 g/mol. The quantitative estimate of drug-likeness (QED) is 0.130. The van der Waals surface area contributed by atoms with Crippen LogP contribution in [0.3, 0.4) is 0 Å². The Kier molecular flexibility index (Phi) is 14.5. The zero-order valence-electron chi connectivity index (χ0n) is 21.9. The number of rotatable bonds is 19. The fourth-order valence-corrected chi connectivity index (χ4v) is 3.30. The Morgan fingerprint density at radius 3 is 1.57 bits per heavy atom. The second-order valence-corrected chi connectivity index (χ2v) is 8.56. The molecule has 0 aliphatic carbocycles. The first-order valence-corrected chi connectivity index (χ1v) is 12.8. The van der Waals surface area contributed by atoms with E-state index in [2.05, 4.69) is 0 Å². The van der Waals surface area contributed by atoms with Crippen LogP contribution in [-0.4, -0.2) is 51.3 Å². The second-order valence-electron chi connectivity index (χ2n) is 8.56. The van der Waals surface area contributed by atoms with Crippen molar-refractivity contribution in [1.29, 1.82) is 0 Å². The highest BCUT2D eigenvalue weighted by molar-refractivity contribution is 5.94. The Bertz CT molecular complexity index is 937. The third-order valence-corrected chi connectivity index (χ3v) is 5.41. The minimum absolute atomic E-state index is 0.0162. The maximum absolute atomic E-state index is 11.8. The molecule has 0 radical (unpaired) electrons. The summed E-state index contributed by atoms with van der Waals surface area (Å²) in [4.78, 5) is 34.8. The fourth-order valence-electron chi connectivity index (χ4n) is 3.30. The van der Waals surface area contributed by atoms with Gasteiger partial charge >= 0.3 is 11.9 Å². The topological polar surface area (TPSA) is 97.4 Å². The lowest BCUT2D eigenvalue weighted by atomic mass is 10.1. The van der Waals surface area contributed by atoms with Gasteiger partial charge in [-0.2, -0.15) is 0 Å². The summed E-state index contributed by atoms with van der Waals surface area (Å²) in [5, 5.41) is 0. The van der Waals surface area contributed by atoms with Crippen LogP contribution in [0.4, 0.5) is 0 Å². The molecule has 0 N–H and O–H groups in total. The summed E-state index contributed by atoms with van der Waals surface area (Å²) < 4.78 is 26.8.